The number of benzene rings is 1. The smallest absolute Gasteiger partial charge is 0.251 e. The number of hydrogen-bond donors (Lipinski definition) is 2. The largest absolute Gasteiger partial charge is 0.346 e. The number of rotatable bonds is 3. The van der Waals surface area contributed by atoms with Gasteiger partial charge in [0.2, 0.25) is 0 Å². The van der Waals surface area contributed by atoms with E-state index in [9.17, 15) is 4.79 Å². The van der Waals surface area contributed by atoms with Gasteiger partial charge in [0.25, 0.3) is 5.91 Å². The molecule has 0 atom stereocenters. The van der Waals surface area contributed by atoms with Crippen LogP contribution in [0.25, 0.3) is 0 Å². The summed E-state index contributed by atoms with van der Waals surface area (Å²) in [5, 5.41) is 7.02. The second-order valence-electron chi connectivity index (χ2n) is 4.25. The van der Waals surface area contributed by atoms with Crippen LogP contribution in [-0.4, -0.2) is 22.2 Å². The molecule has 20 heavy (non-hydrogen) atoms. The summed E-state index contributed by atoms with van der Waals surface area (Å²) in [6.45, 7) is 0.703. The number of aryl methyl sites for hydroxylation is 1. The molecule has 0 aliphatic carbocycles. The highest BCUT2D eigenvalue weighted by atomic mass is 16.1. The molecule has 5 nitrogen and oxygen atoms in total. The first-order valence-electron chi connectivity index (χ1n) is 6.25. The summed E-state index contributed by atoms with van der Waals surface area (Å²) in [5.74, 6) is 5.52. The minimum atomic E-state index is -0.146. The highest BCUT2D eigenvalue weighted by Crippen LogP contribution is 2.04. The molecule has 1 heterocycles. The van der Waals surface area contributed by atoms with Crippen molar-refractivity contribution in [3.8, 4) is 11.8 Å². The van der Waals surface area contributed by atoms with Crippen molar-refractivity contribution in [2.75, 3.05) is 6.54 Å². The van der Waals surface area contributed by atoms with E-state index in [1.54, 1.807) is 22.9 Å². The lowest BCUT2D eigenvalue weighted by atomic mass is 10.1. The van der Waals surface area contributed by atoms with Gasteiger partial charge in [-0.3, -0.25) is 9.48 Å². The van der Waals surface area contributed by atoms with Gasteiger partial charge in [-0.05, 0) is 24.3 Å². The molecule has 0 radical (unpaired) electrons. The minimum absolute atomic E-state index is 0.146. The summed E-state index contributed by atoms with van der Waals surface area (Å²) < 4.78 is 1.70. The van der Waals surface area contributed by atoms with Gasteiger partial charge < -0.3 is 11.1 Å². The topological polar surface area (TPSA) is 72.9 Å². The first-order chi connectivity index (χ1) is 9.69. The highest BCUT2D eigenvalue weighted by molar-refractivity contribution is 5.94. The Kier molecular flexibility index (Phi) is 4.53. The van der Waals surface area contributed by atoms with Crippen LogP contribution >= 0.6 is 0 Å². The van der Waals surface area contributed by atoms with Crippen molar-refractivity contribution in [2.45, 2.75) is 6.54 Å². The van der Waals surface area contributed by atoms with Crippen molar-refractivity contribution < 1.29 is 4.79 Å². The Morgan fingerprint density at radius 3 is 3.00 bits per heavy atom. The van der Waals surface area contributed by atoms with Gasteiger partial charge in [0.05, 0.1) is 18.8 Å². The van der Waals surface area contributed by atoms with Gasteiger partial charge in [-0.15, -0.1) is 0 Å². The Hall–Kier alpha value is -2.58. The molecular formula is C15H16N4O. The van der Waals surface area contributed by atoms with E-state index in [0.717, 1.165) is 11.3 Å². The second kappa shape index (κ2) is 6.55. The maximum absolute atomic E-state index is 12.0. The van der Waals surface area contributed by atoms with Crippen molar-refractivity contribution in [3.63, 3.8) is 0 Å². The number of hydrogen-bond acceptors (Lipinski definition) is 3. The average molecular weight is 268 g/mol. The van der Waals surface area contributed by atoms with Crippen LogP contribution in [0, 0.1) is 11.8 Å². The molecule has 2 rings (SSSR count). The van der Waals surface area contributed by atoms with E-state index >= 15 is 0 Å². The molecule has 0 unspecified atom stereocenters. The number of nitrogens with zero attached hydrogens (tertiary/aromatic N) is 2. The zero-order valence-electron chi connectivity index (χ0n) is 11.3. The Morgan fingerprint density at radius 1 is 1.45 bits per heavy atom. The van der Waals surface area contributed by atoms with Crippen molar-refractivity contribution >= 4 is 5.91 Å². The number of aromatic nitrogens is 2. The highest BCUT2D eigenvalue weighted by Gasteiger charge is 2.06. The van der Waals surface area contributed by atoms with E-state index in [1.807, 2.05) is 25.4 Å². The molecule has 0 aliphatic heterocycles. The summed E-state index contributed by atoms with van der Waals surface area (Å²) in [5.41, 5.74) is 7.50. The number of nitrogens with two attached hydrogens (primary N) is 1. The summed E-state index contributed by atoms with van der Waals surface area (Å²) in [6.07, 6.45) is 1.84. The molecular weight excluding hydrogens is 252 g/mol. The van der Waals surface area contributed by atoms with Crippen LogP contribution in [0.15, 0.2) is 36.5 Å². The third-order valence-electron chi connectivity index (χ3n) is 2.66. The van der Waals surface area contributed by atoms with Crippen LogP contribution in [0.3, 0.4) is 0 Å². The standard InChI is InChI=1S/C15H16N4O/c1-19-9-7-14(18-19)11-17-15(20)13-6-2-4-12(10-13)5-3-8-16/h2,4,6-7,9-10H,8,11,16H2,1H3,(H,17,20). The lowest BCUT2D eigenvalue weighted by Gasteiger charge is -2.03. The van der Waals surface area contributed by atoms with Crippen LogP contribution in [0.5, 0.6) is 0 Å². The molecule has 0 aliphatic rings. The molecule has 0 fully saturated rings. The van der Waals surface area contributed by atoms with Crippen LogP contribution < -0.4 is 11.1 Å². The molecule has 1 aromatic carbocycles. The number of nitrogens with one attached hydrogen (secondary N) is 1. The molecule has 0 bridgehead atoms. The predicted molar refractivity (Wildman–Crippen MR) is 76.8 cm³/mol. The number of amides is 1. The van der Waals surface area contributed by atoms with E-state index in [2.05, 4.69) is 22.3 Å². The molecule has 1 aromatic heterocycles. The van der Waals surface area contributed by atoms with Gasteiger partial charge >= 0.3 is 0 Å². The Balaban J connectivity index is 2.01. The van der Waals surface area contributed by atoms with Crippen molar-refractivity contribution in [2.24, 2.45) is 12.8 Å². The second-order valence-corrected chi connectivity index (χ2v) is 4.25. The van der Waals surface area contributed by atoms with E-state index in [1.165, 1.54) is 0 Å². The Labute approximate surface area is 117 Å². The normalized spacial score (nSPS) is 9.70. The zero-order valence-corrected chi connectivity index (χ0v) is 11.3. The van der Waals surface area contributed by atoms with E-state index in [0.29, 0.717) is 18.7 Å². The van der Waals surface area contributed by atoms with Crippen LogP contribution in [-0.2, 0) is 13.6 Å². The van der Waals surface area contributed by atoms with Crippen molar-refractivity contribution in [1.82, 2.24) is 15.1 Å². The van der Waals surface area contributed by atoms with E-state index in [4.69, 9.17) is 5.73 Å². The SMILES string of the molecule is Cn1ccc(CNC(=O)c2cccc(C#CCN)c2)n1. The molecule has 2 aromatic rings. The minimum Gasteiger partial charge on any atom is -0.346 e. The van der Waals surface area contributed by atoms with Gasteiger partial charge in [-0.2, -0.15) is 5.10 Å². The molecule has 5 heteroatoms. The van der Waals surface area contributed by atoms with E-state index in [-0.39, 0.29) is 5.91 Å². The third kappa shape index (κ3) is 3.70. The van der Waals surface area contributed by atoms with Crippen molar-refractivity contribution in [1.29, 1.82) is 0 Å². The Bertz CT molecular complexity index is 664. The summed E-state index contributed by atoms with van der Waals surface area (Å²) in [6, 6.07) is 9.01. The van der Waals surface area contributed by atoms with Gasteiger partial charge in [0.1, 0.15) is 0 Å². The average Bonchev–Trinajstić information content (AvgIpc) is 2.88. The fraction of sp³-hybridized carbons (Fsp3) is 0.200. The monoisotopic (exact) mass is 268 g/mol. The number of carbonyl (C=O) groups is 1. The summed E-state index contributed by atoms with van der Waals surface area (Å²) >= 11 is 0. The summed E-state index contributed by atoms with van der Waals surface area (Å²) in [4.78, 5) is 12.0. The first-order valence-corrected chi connectivity index (χ1v) is 6.25. The van der Waals surface area contributed by atoms with Crippen LogP contribution in [0.1, 0.15) is 21.6 Å². The maximum atomic E-state index is 12.0. The lowest BCUT2D eigenvalue weighted by molar-refractivity contribution is 0.0950. The van der Waals surface area contributed by atoms with Gasteiger partial charge in [-0.25, -0.2) is 0 Å². The first kappa shape index (κ1) is 13.8. The van der Waals surface area contributed by atoms with Crippen LogP contribution in [0.2, 0.25) is 0 Å². The lowest BCUT2D eigenvalue weighted by Crippen LogP contribution is -2.23. The number of carbonyl (C=O) groups excluding carboxylic acids is 1. The van der Waals surface area contributed by atoms with Crippen LogP contribution in [0.4, 0.5) is 0 Å². The maximum Gasteiger partial charge on any atom is 0.251 e. The molecule has 1 amide bonds. The summed E-state index contributed by atoms with van der Waals surface area (Å²) in [7, 11) is 1.84. The zero-order chi connectivity index (χ0) is 14.4. The van der Waals surface area contributed by atoms with Gasteiger partial charge in [0.15, 0.2) is 0 Å². The van der Waals surface area contributed by atoms with Gasteiger partial charge in [0, 0.05) is 24.4 Å². The predicted octanol–water partition coefficient (Wildman–Crippen LogP) is 0.660. The molecule has 3 N–H and O–H groups in total. The molecule has 0 saturated carbocycles. The fourth-order valence-electron chi connectivity index (χ4n) is 1.72. The van der Waals surface area contributed by atoms with Crippen molar-refractivity contribution in [3.05, 3.63) is 53.3 Å². The molecule has 0 saturated heterocycles. The Morgan fingerprint density at radius 2 is 2.30 bits per heavy atom. The molecule has 102 valence electrons. The van der Waals surface area contributed by atoms with Gasteiger partial charge in [-0.1, -0.05) is 17.9 Å². The molecule has 0 spiro atoms. The third-order valence-corrected chi connectivity index (χ3v) is 2.66. The fourth-order valence-corrected chi connectivity index (χ4v) is 1.72. The van der Waals surface area contributed by atoms with E-state index < -0.39 is 0 Å². The quantitative estimate of drug-likeness (QED) is 0.803.